The van der Waals surface area contributed by atoms with Crippen molar-refractivity contribution < 1.29 is 24.2 Å². The Hall–Kier alpha value is -3.97. The van der Waals surface area contributed by atoms with Gasteiger partial charge in [-0.15, -0.1) is 0 Å². The van der Waals surface area contributed by atoms with E-state index in [1.165, 1.54) is 0 Å². The lowest BCUT2D eigenvalue weighted by atomic mass is 10.1. The van der Waals surface area contributed by atoms with E-state index in [0.717, 1.165) is 89.9 Å². The van der Waals surface area contributed by atoms with Crippen molar-refractivity contribution in [3.05, 3.63) is 109 Å². The molecule has 0 aliphatic rings. The number of amides is 1. The van der Waals surface area contributed by atoms with Crippen LogP contribution >= 0.6 is 0 Å². The summed E-state index contributed by atoms with van der Waals surface area (Å²) in [5.74, 6) is -1.49. The first-order valence-electron chi connectivity index (χ1n) is 19.7. The number of nitrogens with one attached hydrogen (secondary N) is 1. The molecule has 0 fully saturated rings. The molecule has 1 amide bonds. The van der Waals surface area contributed by atoms with Crippen molar-refractivity contribution in [1.82, 2.24) is 5.32 Å². The molecule has 0 aliphatic heterocycles. The molecule has 0 saturated carbocycles. The molecule has 2 unspecified atom stereocenters. The van der Waals surface area contributed by atoms with Crippen LogP contribution in [0.25, 0.3) is 0 Å². The largest absolute Gasteiger partial charge is 0.480 e. The van der Waals surface area contributed by atoms with Crippen molar-refractivity contribution in [3.8, 4) is 0 Å². The van der Waals surface area contributed by atoms with E-state index < -0.39 is 12.0 Å². The van der Waals surface area contributed by atoms with Crippen molar-refractivity contribution in [1.29, 1.82) is 0 Å². The molecule has 0 radical (unpaired) electrons. The summed E-state index contributed by atoms with van der Waals surface area (Å²) in [4.78, 5) is 36.2. The molecule has 0 rings (SSSR count). The molecule has 0 saturated heterocycles. The first-order valence-corrected chi connectivity index (χ1v) is 19.7. The van der Waals surface area contributed by atoms with Crippen molar-refractivity contribution in [2.24, 2.45) is 5.73 Å². The van der Waals surface area contributed by atoms with Crippen molar-refractivity contribution in [3.63, 3.8) is 0 Å². The number of carboxylic acids is 1. The van der Waals surface area contributed by atoms with E-state index >= 15 is 0 Å². The van der Waals surface area contributed by atoms with Crippen LogP contribution in [0.15, 0.2) is 109 Å². The van der Waals surface area contributed by atoms with Gasteiger partial charge in [-0.05, 0) is 103 Å². The maximum atomic E-state index is 12.7. The fraction of sp³-hybridized carbons (Fsp3) is 0.533. The van der Waals surface area contributed by atoms with E-state index in [9.17, 15) is 19.5 Å². The molecule has 290 valence electrons. The van der Waals surface area contributed by atoms with Crippen molar-refractivity contribution in [2.45, 2.75) is 148 Å². The highest BCUT2D eigenvalue weighted by atomic mass is 16.5. The number of aliphatic carboxylic acids is 1. The number of allylic oxidation sites excluding steroid dienone is 16. The van der Waals surface area contributed by atoms with Crippen LogP contribution in [0, 0.1) is 0 Å². The molecule has 7 heteroatoms. The minimum atomic E-state index is -1.02. The number of hydrogen-bond acceptors (Lipinski definition) is 5. The summed E-state index contributed by atoms with van der Waals surface area (Å²) in [6, 6.07) is -0.880. The number of hydrogen-bond donors (Lipinski definition) is 3. The maximum absolute atomic E-state index is 12.7. The molecule has 4 N–H and O–H groups in total. The standard InChI is InChI=1S/C45H70N2O5/c1-3-5-7-9-11-13-15-16-17-18-20-22-24-29-33-39-44(49)52-41(35-30-26-23-21-19-14-12-10-8-6-4-2)36-31-27-25-28-32-38-43(48)47-42(45(50)51)37-34-40-46/h5-8,11-14,16-17,20-23,29-30,33,35,41-42H,3-4,9-10,15,18-19,24-28,31-32,34,36-40,46H2,1-2H3,(H,47,48)(H,50,51)/b7-5-,8-6-,13-11-,14-12-,17-16-,22-20-,23-21-,33-29-,35-30-. The normalized spacial score (nSPS) is 13.9. The molecule has 0 aromatic rings. The number of nitrogens with two attached hydrogens (primary N) is 1. The first kappa shape index (κ1) is 48.0. The first-order chi connectivity index (χ1) is 25.4. The molecular formula is C45H70N2O5. The van der Waals surface area contributed by atoms with Crippen LogP contribution < -0.4 is 11.1 Å². The number of unbranched alkanes of at least 4 members (excludes halogenated alkanes) is 4. The van der Waals surface area contributed by atoms with Gasteiger partial charge in [0.05, 0.1) is 6.42 Å². The minimum absolute atomic E-state index is 0.231. The topological polar surface area (TPSA) is 119 Å². The Balaban J connectivity index is 4.65. The zero-order valence-electron chi connectivity index (χ0n) is 32.3. The highest BCUT2D eigenvalue weighted by Gasteiger charge is 2.18. The Kier molecular flexibility index (Phi) is 35.3. The van der Waals surface area contributed by atoms with Crippen LogP contribution in [0.4, 0.5) is 0 Å². The van der Waals surface area contributed by atoms with Crippen molar-refractivity contribution in [2.75, 3.05) is 6.54 Å². The van der Waals surface area contributed by atoms with Gasteiger partial charge in [-0.1, -0.05) is 136 Å². The second-order valence-electron chi connectivity index (χ2n) is 12.6. The van der Waals surface area contributed by atoms with Gasteiger partial charge in [0, 0.05) is 6.42 Å². The second kappa shape index (κ2) is 38.3. The molecule has 0 aromatic heterocycles. The predicted molar refractivity (Wildman–Crippen MR) is 220 cm³/mol. The van der Waals surface area contributed by atoms with Crippen LogP contribution in [-0.4, -0.2) is 41.6 Å². The summed E-state index contributed by atoms with van der Waals surface area (Å²) >= 11 is 0. The quantitative estimate of drug-likeness (QED) is 0.0353. The summed E-state index contributed by atoms with van der Waals surface area (Å²) in [5, 5.41) is 11.9. The SMILES string of the molecule is CC/C=C\C/C=C\C/C=C\C/C=C\C/C=C\CC(=O)OC(/C=C\C/C=C\C/C=C\C/C=C\CC)CCCCCCCC(=O)NC(CCCN)C(=O)O. The fourth-order valence-electron chi connectivity index (χ4n) is 4.96. The Morgan fingerprint density at radius 3 is 1.50 bits per heavy atom. The molecule has 2 atom stereocenters. The van der Waals surface area contributed by atoms with Gasteiger partial charge < -0.3 is 20.9 Å². The number of carbonyl (C=O) groups excluding carboxylic acids is 2. The van der Waals surface area contributed by atoms with Gasteiger partial charge in [0.2, 0.25) is 5.91 Å². The van der Waals surface area contributed by atoms with Gasteiger partial charge in [-0.2, -0.15) is 0 Å². The zero-order valence-corrected chi connectivity index (χ0v) is 32.3. The molecule has 7 nitrogen and oxygen atoms in total. The van der Waals surface area contributed by atoms with Gasteiger partial charge in [0.25, 0.3) is 0 Å². The van der Waals surface area contributed by atoms with Crippen LogP contribution in [0.3, 0.4) is 0 Å². The molecule has 0 aliphatic carbocycles. The summed E-state index contributed by atoms with van der Waals surface area (Å²) in [6.45, 7) is 4.67. The second-order valence-corrected chi connectivity index (χ2v) is 12.6. The van der Waals surface area contributed by atoms with Gasteiger partial charge in [0.1, 0.15) is 12.1 Å². The number of carboxylic acid groups (broad SMARTS) is 1. The van der Waals surface area contributed by atoms with Gasteiger partial charge in [-0.3, -0.25) is 9.59 Å². The van der Waals surface area contributed by atoms with Gasteiger partial charge >= 0.3 is 11.9 Å². The Labute approximate surface area is 316 Å². The van der Waals surface area contributed by atoms with Crippen LogP contribution in [-0.2, 0) is 19.1 Å². The molecule has 52 heavy (non-hydrogen) atoms. The highest BCUT2D eigenvalue weighted by Crippen LogP contribution is 2.13. The lowest BCUT2D eigenvalue weighted by molar-refractivity contribution is -0.146. The van der Waals surface area contributed by atoms with Crippen LogP contribution in [0.1, 0.15) is 136 Å². The van der Waals surface area contributed by atoms with E-state index in [1.807, 2.05) is 18.2 Å². The molecule has 0 heterocycles. The summed E-state index contributed by atoms with van der Waals surface area (Å²) in [6.07, 6.45) is 53.0. The molecule has 0 bridgehead atoms. The molecule has 0 spiro atoms. The molecule has 0 aromatic carbocycles. The van der Waals surface area contributed by atoms with E-state index in [1.54, 1.807) is 0 Å². The fourth-order valence-corrected chi connectivity index (χ4v) is 4.96. The lowest BCUT2D eigenvalue weighted by Crippen LogP contribution is -2.40. The predicted octanol–water partition coefficient (Wildman–Crippen LogP) is 10.9. The number of carbonyl (C=O) groups is 3. The highest BCUT2D eigenvalue weighted by molar-refractivity contribution is 5.83. The third kappa shape index (κ3) is 34.5. The third-order valence-corrected chi connectivity index (χ3v) is 7.85. The monoisotopic (exact) mass is 719 g/mol. The van der Waals surface area contributed by atoms with E-state index in [2.05, 4.69) is 110 Å². The Morgan fingerprint density at radius 2 is 1.02 bits per heavy atom. The zero-order chi connectivity index (χ0) is 38.2. The Morgan fingerprint density at radius 1 is 0.577 bits per heavy atom. The van der Waals surface area contributed by atoms with E-state index in [-0.39, 0.29) is 24.4 Å². The third-order valence-electron chi connectivity index (χ3n) is 7.85. The lowest BCUT2D eigenvalue weighted by Gasteiger charge is -2.14. The van der Waals surface area contributed by atoms with E-state index in [0.29, 0.717) is 32.2 Å². The van der Waals surface area contributed by atoms with Gasteiger partial charge in [0.15, 0.2) is 0 Å². The van der Waals surface area contributed by atoms with E-state index in [4.69, 9.17) is 10.5 Å². The summed E-state index contributed by atoms with van der Waals surface area (Å²) in [5.41, 5.74) is 5.47. The minimum Gasteiger partial charge on any atom is -0.480 e. The Bertz CT molecular complexity index is 1170. The summed E-state index contributed by atoms with van der Waals surface area (Å²) in [7, 11) is 0. The average molecular weight is 719 g/mol. The average Bonchev–Trinajstić information content (AvgIpc) is 3.13. The number of rotatable bonds is 33. The summed E-state index contributed by atoms with van der Waals surface area (Å²) < 4.78 is 5.84. The van der Waals surface area contributed by atoms with Gasteiger partial charge in [-0.25, -0.2) is 4.79 Å². The van der Waals surface area contributed by atoms with Crippen LogP contribution in [0.5, 0.6) is 0 Å². The number of ether oxygens (including phenoxy) is 1. The van der Waals surface area contributed by atoms with Crippen molar-refractivity contribution >= 4 is 17.8 Å². The van der Waals surface area contributed by atoms with Crippen LogP contribution in [0.2, 0.25) is 0 Å². The molecular weight excluding hydrogens is 649 g/mol. The number of esters is 1. The smallest absolute Gasteiger partial charge is 0.326 e. The maximum Gasteiger partial charge on any atom is 0.326 e.